The minimum absolute atomic E-state index is 0.805. The summed E-state index contributed by atoms with van der Waals surface area (Å²) >= 11 is 0. The first-order valence-electron chi connectivity index (χ1n) is 17.3. The third-order valence-electron chi connectivity index (χ3n) is 9.07. The largest absolute Gasteiger partial charge is 0.497 e. The Bertz CT molecular complexity index is 1950. The van der Waals surface area contributed by atoms with Crippen molar-refractivity contribution in [3.8, 4) is 23.0 Å². The quantitative estimate of drug-likeness (QED) is 0.119. The van der Waals surface area contributed by atoms with Crippen LogP contribution in [0.4, 0.5) is 51.2 Å². The lowest BCUT2D eigenvalue weighted by Gasteiger charge is -2.29. The summed E-state index contributed by atoms with van der Waals surface area (Å²) in [6, 6.07) is 60.1. The highest BCUT2D eigenvalue weighted by Gasteiger charge is 2.18. The first-order valence-corrected chi connectivity index (χ1v) is 17.3. The number of rotatable bonds is 13. The molecule has 0 atom stereocenters. The van der Waals surface area contributed by atoms with E-state index in [2.05, 4.69) is 136 Å². The predicted octanol–water partition coefficient (Wildman–Crippen LogP) is 12.1. The number of benzene rings is 7. The summed E-state index contributed by atoms with van der Waals surface area (Å²) in [6.07, 6.45) is 0. The van der Waals surface area contributed by atoms with Crippen LogP contribution in [-0.4, -0.2) is 28.4 Å². The van der Waals surface area contributed by atoms with Gasteiger partial charge in [-0.15, -0.1) is 0 Å². The fourth-order valence-corrected chi connectivity index (χ4v) is 6.35. The Hall–Kier alpha value is -6.86. The maximum Gasteiger partial charge on any atom is 0.119 e. The number of nitrogens with zero attached hydrogens (tertiary/aromatic N) is 3. The summed E-state index contributed by atoms with van der Waals surface area (Å²) in [4.78, 5) is 6.71. The molecule has 0 aliphatic rings. The molecule has 0 aliphatic heterocycles. The van der Waals surface area contributed by atoms with Crippen LogP contribution >= 0.6 is 0 Å². The van der Waals surface area contributed by atoms with Gasteiger partial charge >= 0.3 is 0 Å². The summed E-state index contributed by atoms with van der Waals surface area (Å²) in [7, 11) is 6.72. The molecule has 0 saturated heterocycles. The smallest absolute Gasteiger partial charge is 0.119 e. The van der Waals surface area contributed by atoms with Crippen molar-refractivity contribution in [3.05, 3.63) is 176 Å². The first-order chi connectivity index (χ1) is 26.1. The van der Waals surface area contributed by atoms with Gasteiger partial charge in [-0.05, 0) is 158 Å². The van der Waals surface area contributed by atoms with Gasteiger partial charge in [0.15, 0.2) is 0 Å². The Balaban J connectivity index is 1.26. The zero-order valence-electron chi connectivity index (χ0n) is 30.2. The van der Waals surface area contributed by atoms with Crippen LogP contribution in [0.25, 0.3) is 0 Å². The van der Waals surface area contributed by atoms with Crippen molar-refractivity contribution >= 4 is 51.2 Å². The third kappa shape index (κ3) is 7.60. The van der Waals surface area contributed by atoms with Gasteiger partial charge in [0.1, 0.15) is 23.0 Å². The average molecular weight is 700 g/mol. The highest BCUT2D eigenvalue weighted by molar-refractivity contribution is 5.83. The van der Waals surface area contributed by atoms with E-state index in [1.807, 2.05) is 54.6 Å². The van der Waals surface area contributed by atoms with Gasteiger partial charge < -0.3 is 33.6 Å². The molecule has 7 aromatic carbocycles. The molecule has 0 heterocycles. The number of anilines is 9. The van der Waals surface area contributed by atoms with Gasteiger partial charge in [0, 0.05) is 51.2 Å². The summed E-state index contributed by atoms with van der Waals surface area (Å²) in [5.74, 6) is 3.22. The van der Waals surface area contributed by atoms with Crippen LogP contribution in [-0.2, 0) is 0 Å². The summed E-state index contributed by atoms with van der Waals surface area (Å²) in [6.45, 7) is 0. The number of hydrogen-bond donors (Lipinski definition) is 0. The van der Waals surface area contributed by atoms with E-state index in [1.54, 1.807) is 28.4 Å². The van der Waals surface area contributed by atoms with Crippen LogP contribution in [0.15, 0.2) is 176 Å². The predicted molar refractivity (Wildman–Crippen MR) is 217 cm³/mol. The minimum atomic E-state index is 0.805. The van der Waals surface area contributed by atoms with Gasteiger partial charge in [-0.3, -0.25) is 0 Å². The molecular weight excluding hydrogens is 659 g/mol. The third-order valence-corrected chi connectivity index (χ3v) is 9.07. The van der Waals surface area contributed by atoms with E-state index in [0.717, 1.165) is 74.2 Å². The van der Waals surface area contributed by atoms with Crippen molar-refractivity contribution in [2.75, 3.05) is 43.1 Å². The van der Waals surface area contributed by atoms with Crippen molar-refractivity contribution in [1.82, 2.24) is 0 Å². The van der Waals surface area contributed by atoms with Crippen molar-refractivity contribution in [3.63, 3.8) is 0 Å². The molecule has 0 aliphatic carbocycles. The Morgan fingerprint density at radius 3 is 0.585 bits per heavy atom. The van der Waals surface area contributed by atoms with Crippen LogP contribution in [0.3, 0.4) is 0 Å². The molecular formula is C46H41N3O4. The number of ether oxygens (including phenoxy) is 4. The topological polar surface area (TPSA) is 46.6 Å². The van der Waals surface area contributed by atoms with E-state index in [-0.39, 0.29) is 0 Å². The molecule has 0 spiro atoms. The molecule has 7 aromatic rings. The Kier molecular flexibility index (Phi) is 10.4. The second kappa shape index (κ2) is 16.0. The highest BCUT2D eigenvalue weighted by atomic mass is 16.5. The van der Waals surface area contributed by atoms with Crippen LogP contribution in [0.1, 0.15) is 0 Å². The highest BCUT2D eigenvalue weighted by Crippen LogP contribution is 2.42. The molecule has 7 nitrogen and oxygen atoms in total. The van der Waals surface area contributed by atoms with Crippen molar-refractivity contribution in [2.24, 2.45) is 0 Å². The zero-order valence-corrected chi connectivity index (χ0v) is 30.2. The van der Waals surface area contributed by atoms with E-state index in [0.29, 0.717) is 0 Å². The normalized spacial score (nSPS) is 10.6. The number of para-hydroxylation sites is 1. The van der Waals surface area contributed by atoms with Gasteiger partial charge in [-0.25, -0.2) is 0 Å². The van der Waals surface area contributed by atoms with E-state index < -0.39 is 0 Å². The Morgan fingerprint density at radius 2 is 0.396 bits per heavy atom. The zero-order chi connectivity index (χ0) is 36.6. The van der Waals surface area contributed by atoms with Crippen LogP contribution in [0.2, 0.25) is 0 Å². The summed E-state index contributed by atoms with van der Waals surface area (Å²) < 4.78 is 21.8. The molecule has 53 heavy (non-hydrogen) atoms. The van der Waals surface area contributed by atoms with Gasteiger partial charge in [-0.1, -0.05) is 18.2 Å². The molecule has 0 unspecified atom stereocenters. The Labute approximate surface area is 311 Å². The van der Waals surface area contributed by atoms with Gasteiger partial charge in [0.2, 0.25) is 0 Å². The average Bonchev–Trinajstić information content (AvgIpc) is 3.23. The van der Waals surface area contributed by atoms with Crippen molar-refractivity contribution in [2.45, 2.75) is 0 Å². The maximum absolute atomic E-state index is 5.45. The lowest BCUT2D eigenvalue weighted by atomic mass is 10.1. The molecule has 0 aromatic heterocycles. The summed E-state index contributed by atoms with van der Waals surface area (Å²) in [5.41, 5.74) is 9.19. The van der Waals surface area contributed by atoms with E-state index in [1.165, 1.54) is 0 Å². The van der Waals surface area contributed by atoms with E-state index in [9.17, 15) is 0 Å². The number of hydrogen-bond acceptors (Lipinski definition) is 7. The monoisotopic (exact) mass is 699 g/mol. The molecule has 7 rings (SSSR count). The molecule has 7 heteroatoms. The SMILES string of the molecule is COc1ccc(N(c2ccc(OC)cc2)c2ccc(N(c3ccccc3)c3ccc(N(c4ccc(OC)cc4)c4ccc(OC)cc4)cc3)cc2)cc1. The van der Waals surface area contributed by atoms with Crippen molar-refractivity contribution in [1.29, 1.82) is 0 Å². The molecule has 0 radical (unpaired) electrons. The lowest BCUT2D eigenvalue weighted by Crippen LogP contribution is -2.13. The molecule has 0 amide bonds. The van der Waals surface area contributed by atoms with Crippen molar-refractivity contribution < 1.29 is 18.9 Å². The van der Waals surface area contributed by atoms with E-state index >= 15 is 0 Å². The summed E-state index contributed by atoms with van der Waals surface area (Å²) in [5, 5.41) is 0. The molecule has 264 valence electrons. The maximum atomic E-state index is 5.45. The molecule has 0 saturated carbocycles. The molecule has 0 bridgehead atoms. The number of methoxy groups -OCH3 is 4. The lowest BCUT2D eigenvalue weighted by molar-refractivity contribution is 0.414. The minimum Gasteiger partial charge on any atom is -0.497 e. The first kappa shape index (κ1) is 34.6. The van der Waals surface area contributed by atoms with Crippen LogP contribution < -0.4 is 33.6 Å². The molecule has 0 N–H and O–H groups in total. The fourth-order valence-electron chi connectivity index (χ4n) is 6.35. The van der Waals surface area contributed by atoms with E-state index in [4.69, 9.17) is 18.9 Å². The van der Waals surface area contributed by atoms with Gasteiger partial charge in [-0.2, -0.15) is 0 Å². The Morgan fingerprint density at radius 1 is 0.226 bits per heavy atom. The fraction of sp³-hybridized carbons (Fsp3) is 0.0870. The molecule has 0 fully saturated rings. The standard InChI is InChI=1S/C46H41N3O4/c1-50-43-26-18-39(19-27-43)48(40-20-28-44(51-2)29-21-40)37-14-10-35(11-15-37)47(34-8-6-5-7-9-34)36-12-16-38(17-13-36)49(41-22-30-45(52-3)31-23-41)42-24-32-46(53-4)33-25-42/h5-33H,1-4H3. The van der Waals surface area contributed by atoms with Crippen LogP contribution in [0, 0.1) is 0 Å². The van der Waals surface area contributed by atoms with Crippen LogP contribution in [0.5, 0.6) is 23.0 Å². The van der Waals surface area contributed by atoms with Gasteiger partial charge in [0.05, 0.1) is 28.4 Å². The second-order valence-corrected chi connectivity index (χ2v) is 12.2. The second-order valence-electron chi connectivity index (χ2n) is 12.2. The van der Waals surface area contributed by atoms with Gasteiger partial charge in [0.25, 0.3) is 0 Å².